The van der Waals surface area contributed by atoms with E-state index in [-0.39, 0.29) is 29.6 Å². The molecule has 0 aliphatic carbocycles. The van der Waals surface area contributed by atoms with Crippen molar-refractivity contribution < 1.29 is 18.8 Å². The van der Waals surface area contributed by atoms with Crippen LogP contribution in [0, 0.1) is 17.3 Å². The second kappa shape index (κ2) is 6.69. The first-order chi connectivity index (χ1) is 12.9. The first-order valence-electron chi connectivity index (χ1n) is 9.82. The number of rotatable bonds is 3. The summed E-state index contributed by atoms with van der Waals surface area (Å²) in [6.45, 7) is 7.18. The minimum Gasteiger partial charge on any atom is -0.472 e. The molecular formula is C20H27N3O4. The smallest absolute Gasteiger partial charge is 0.257 e. The lowest BCUT2D eigenvalue weighted by atomic mass is 9.79. The van der Waals surface area contributed by atoms with Gasteiger partial charge in [0.1, 0.15) is 6.26 Å². The highest BCUT2D eigenvalue weighted by Crippen LogP contribution is 2.45. The van der Waals surface area contributed by atoms with Crippen LogP contribution in [-0.4, -0.2) is 71.7 Å². The van der Waals surface area contributed by atoms with Crippen molar-refractivity contribution in [1.82, 2.24) is 14.7 Å². The lowest BCUT2D eigenvalue weighted by Gasteiger charge is -2.32. The van der Waals surface area contributed by atoms with E-state index in [2.05, 4.69) is 0 Å². The van der Waals surface area contributed by atoms with Crippen LogP contribution in [0.4, 0.5) is 0 Å². The molecule has 2 atom stereocenters. The largest absolute Gasteiger partial charge is 0.472 e. The van der Waals surface area contributed by atoms with Crippen LogP contribution >= 0.6 is 0 Å². The molecular weight excluding hydrogens is 346 g/mol. The van der Waals surface area contributed by atoms with E-state index >= 15 is 0 Å². The van der Waals surface area contributed by atoms with E-state index in [1.165, 1.54) is 12.5 Å². The zero-order chi connectivity index (χ0) is 19.2. The van der Waals surface area contributed by atoms with Crippen molar-refractivity contribution in [2.45, 2.75) is 26.7 Å². The molecule has 3 aliphatic heterocycles. The van der Waals surface area contributed by atoms with Gasteiger partial charge in [-0.15, -0.1) is 0 Å². The Morgan fingerprint density at radius 2 is 1.74 bits per heavy atom. The number of hydrogen-bond donors (Lipinski definition) is 0. The highest BCUT2D eigenvalue weighted by Gasteiger charge is 2.60. The molecule has 7 nitrogen and oxygen atoms in total. The van der Waals surface area contributed by atoms with Crippen LogP contribution in [0.25, 0.3) is 0 Å². The molecule has 0 bridgehead atoms. The Morgan fingerprint density at radius 3 is 2.37 bits per heavy atom. The lowest BCUT2D eigenvalue weighted by Crippen LogP contribution is -2.49. The molecule has 3 amide bonds. The van der Waals surface area contributed by atoms with Crippen molar-refractivity contribution in [2.24, 2.45) is 17.3 Å². The highest BCUT2D eigenvalue weighted by atomic mass is 16.3. The Balaban J connectivity index is 1.60. The fourth-order valence-corrected chi connectivity index (χ4v) is 4.86. The fraction of sp³-hybridized carbons (Fsp3) is 0.650. The quantitative estimate of drug-likeness (QED) is 0.804. The molecule has 0 radical (unpaired) electrons. The summed E-state index contributed by atoms with van der Waals surface area (Å²) < 4.78 is 5.04. The molecule has 0 aromatic carbocycles. The number of likely N-dealkylation sites (tertiary alicyclic amines) is 3. The predicted octanol–water partition coefficient (Wildman–Crippen LogP) is 1.46. The van der Waals surface area contributed by atoms with Crippen LogP contribution in [-0.2, 0) is 9.59 Å². The SMILES string of the molecule is CC(C)C(=O)N1C[C@H]2CN(C(=O)c3ccoc3)C[C@@]2(C(=O)N2CCCC2)C1. The van der Waals surface area contributed by atoms with Gasteiger partial charge in [0.15, 0.2) is 0 Å². The average Bonchev–Trinajstić information content (AvgIpc) is 3.43. The van der Waals surface area contributed by atoms with Crippen LogP contribution in [0.1, 0.15) is 37.0 Å². The van der Waals surface area contributed by atoms with Gasteiger partial charge in [-0.1, -0.05) is 13.8 Å². The maximum absolute atomic E-state index is 13.5. The van der Waals surface area contributed by atoms with E-state index in [0.29, 0.717) is 31.7 Å². The van der Waals surface area contributed by atoms with E-state index in [4.69, 9.17) is 4.42 Å². The minimum absolute atomic E-state index is 0.0100. The lowest BCUT2D eigenvalue weighted by molar-refractivity contribution is -0.141. The number of furan rings is 1. The molecule has 4 heterocycles. The molecule has 3 saturated heterocycles. The normalized spacial score (nSPS) is 27.5. The molecule has 146 valence electrons. The minimum atomic E-state index is -0.672. The summed E-state index contributed by atoms with van der Waals surface area (Å²) in [4.78, 5) is 44.4. The molecule has 3 aliphatic rings. The zero-order valence-corrected chi connectivity index (χ0v) is 16.0. The van der Waals surface area contributed by atoms with Gasteiger partial charge in [0, 0.05) is 51.1 Å². The summed E-state index contributed by atoms with van der Waals surface area (Å²) in [6.07, 6.45) is 4.98. The van der Waals surface area contributed by atoms with Crippen molar-refractivity contribution in [3.05, 3.63) is 24.2 Å². The molecule has 0 spiro atoms. The van der Waals surface area contributed by atoms with Gasteiger partial charge in [-0.25, -0.2) is 0 Å². The second-order valence-electron chi connectivity index (χ2n) is 8.42. The maximum Gasteiger partial charge on any atom is 0.257 e. The molecule has 7 heteroatoms. The highest BCUT2D eigenvalue weighted by molar-refractivity contribution is 5.95. The summed E-state index contributed by atoms with van der Waals surface area (Å²) in [5.74, 6) is 0.00122. The van der Waals surface area contributed by atoms with Gasteiger partial charge in [-0.3, -0.25) is 14.4 Å². The Labute approximate surface area is 159 Å². The third-order valence-electron chi connectivity index (χ3n) is 6.29. The molecule has 3 fully saturated rings. The van der Waals surface area contributed by atoms with Gasteiger partial charge >= 0.3 is 0 Å². The summed E-state index contributed by atoms with van der Waals surface area (Å²) >= 11 is 0. The van der Waals surface area contributed by atoms with E-state index in [1.807, 2.05) is 23.6 Å². The molecule has 0 unspecified atom stereocenters. The van der Waals surface area contributed by atoms with Gasteiger partial charge in [-0.05, 0) is 18.9 Å². The zero-order valence-electron chi connectivity index (χ0n) is 16.0. The molecule has 4 rings (SSSR count). The monoisotopic (exact) mass is 373 g/mol. The molecule has 0 saturated carbocycles. The van der Waals surface area contributed by atoms with E-state index in [9.17, 15) is 14.4 Å². The number of hydrogen-bond acceptors (Lipinski definition) is 4. The average molecular weight is 373 g/mol. The fourth-order valence-electron chi connectivity index (χ4n) is 4.86. The molecule has 0 N–H and O–H groups in total. The van der Waals surface area contributed by atoms with Gasteiger partial charge in [0.05, 0.1) is 17.2 Å². The number of nitrogens with zero attached hydrogens (tertiary/aromatic N) is 3. The summed E-state index contributed by atoms with van der Waals surface area (Å²) in [5.41, 5.74) is -0.164. The molecule has 27 heavy (non-hydrogen) atoms. The summed E-state index contributed by atoms with van der Waals surface area (Å²) in [6, 6.07) is 1.65. The third-order valence-corrected chi connectivity index (χ3v) is 6.29. The topological polar surface area (TPSA) is 74.1 Å². The third kappa shape index (κ3) is 2.93. The molecule has 1 aromatic heterocycles. The van der Waals surface area contributed by atoms with Crippen LogP contribution < -0.4 is 0 Å². The number of carbonyl (C=O) groups is 3. The maximum atomic E-state index is 13.5. The Kier molecular flexibility index (Phi) is 4.48. The molecule has 1 aromatic rings. The Morgan fingerprint density at radius 1 is 1.07 bits per heavy atom. The van der Waals surface area contributed by atoms with Crippen LogP contribution in [0.5, 0.6) is 0 Å². The first-order valence-corrected chi connectivity index (χ1v) is 9.82. The van der Waals surface area contributed by atoms with Crippen molar-refractivity contribution in [2.75, 3.05) is 39.3 Å². The van der Waals surface area contributed by atoms with Crippen molar-refractivity contribution in [3.63, 3.8) is 0 Å². The van der Waals surface area contributed by atoms with Crippen molar-refractivity contribution >= 4 is 17.7 Å². The van der Waals surface area contributed by atoms with Crippen molar-refractivity contribution in [3.8, 4) is 0 Å². The van der Waals surface area contributed by atoms with E-state index in [1.54, 1.807) is 11.0 Å². The van der Waals surface area contributed by atoms with Gasteiger partial charge in [0.25, 0.3) is 5.91 Å². The first kappa shape index (κ1) is 18.1. The predicted molar refractivity (Wildman–Crippen MR) is 97.8 cm³/mol. The van der Waals surface area contributed by atoms with Gasteiger partial charge < -0.3 is 19.1 Å². The van der Waals surface area contributed by atoms with Gasteiger partial charge in [-0.2, -0.15) is 0 Å². The Hall–Kier alpha value is -2.31. The standard InChI is InChI=1S/C20H27N3O4/c1-14(2)17(24)22-9-16-10-23(18(25)15-5-8-27-11-15)13-20(16,12-22)19(26)21-6-3-4-7-21/h5,8,11,14,16H,3-4,6-7,9-10,12-13H2,1-2H3/t16-,20-/m0/s1. The van der Waals surface area contributed by atoms with Gasteiger partial charge in [0.2, 0.25) is 11.8 Å². The van der Waals surface area contributed by atoms with Crippen molar-refractivity contribution in [1.29, 1.82) is 0 Å². The second-order valence-corrected chi connectivity index (χ2v) is 8.42. The van der Waals surface area contributed by atoms with Crippen LogP contribution in [0.2, 0.25) is 0 Å². The van der Waals surface area contributed by atoms with E-state index < -0.39 is 5.41 Å². The van der Waals surface area contributed by atoms with Crippen LogP contribution in [0.15, 0.2) is 23.0 Å². The number of amides is 3. The van der Waals surface area contributed by atoms with Crippen LogP contribution in [0.3, 0.4) is 0 Å². The Bertz CT molecular complexity index is 738. The van der Waals surface area contributed by atoms with E-state index in [0.717, 1.165) is 25.9 Å². The number of carbonyl (C=O) groups excluding carboxylic acids is 3. The summed E-state index contributed by atoms with van der Waals surface area (Å²) in [5, 5.41) is 0. The summed E-state index contributed by atoms with van der Waals surface area (Å²) in [7, 11) is 0. The number of fused-ring (bicyclic) bond motifs is 1.